The number of nitrogens with one attached hydrogen (secondary N) is 2. The maximum Gasteiger partial charge on any atom is 0.329 e. The fourth-order valence-corrected chi connectivity index (χ4v) is 2.66. The minimum Gasteiger partial charge on any atom is -0.508 e. The van der Waals surface area contributed by atoms with Crippen molar-refractivity contribution in [3.63, 3.8) is 0 Å². The number of nitrogens with zero attached hydrogens (tertiary/aromatic N) is 4. The van der Waals surface area contributed by atoms with Gasteiger partial charge in [-0.2, -0.15) is 10.1 Å². The maximum absolute atomic E-state index is 12.3. The molecular weight excluding hydrogens is 352 g/mol. The molecule has 2 heterocycles. The summed E-state index contributed by atoms with van der Waals surface area (Å²) in [5.74, 6) is 0.316. The normalized spacial score (nSPS) is 11.7. The molecule has 4 N–H and O–H groups in total. The van der Waals surface area contributed by atoms with Crippen molar-refractivity contribution in [3.8, 4) is 11.5 Å². The molecule has 0 fully saturated rings. The lowest BCUT2D eigenvalue weighted by atomic mass is 10.2. The first-order valence-electron chi connectivity index (χ1n) is 8.28. The minimum atomic E-state index is -0.550. The number of aromatic nitrogens is 4. The molecule has 10 heteroatoms. The minimum absolute atomic E-state index is 0.0588. The Morgan fingerprint density at radius 2 is 2.07 bits per heavy atom. The molecule has 10 nitrogen and oxygen atoms in total. The van der Waals surface area contributed by atoms with Crippen LogP contribution < -0.4 is 16.7 Å². The van der Waals surface area contributed by atoms with E-state index in [0.29, 0.717) is 18.1 Å². The third-order valence-corrected chi connectivity index (χ3v) is 3.94. The molecule has 0 aliphatic carbocycles. The summed E-state index contributed by atoms with van der Waals surface area (Å²) in [4.78, 5) is 30.7. The number of aryl methyl sites for hydroxylation is 1. The van der Waals surface area contributed by atoms with E-state index in [1.54, 1.807) is 4.57 Å². The average molecular weight is 372 g/mol. The van der Waals surface area contributed by atoms with Crippen molar-refractivity contribution in [2.75, 3.05) is 5.43 Å². The number of aromatic amines is 1. The van der Waals surface area contributed by atoms with Crippen LogP contribution in [0.15, 0.2) is 32.9 Å². The Bertz CT molecular complexity index is 1140. The summed E-state index contributed by atoms with van der Waals surface area (Å²) in [6.07, 6.45) is 1.36. The van der Waals surface area contributed by atoms with Gasteiger partial charge in [-0.15, -0.1) is 0 Å². The Kier molecular flexibility index (Phi) is 4.72. The first kappa shape index (κ1) is 18.2. The van der Waals surface area contributed by atoms with E-state index in [1.807, 2.05) is 13.8 Å². The second-order valence-corrected chi connectivity index (χ2v) is 6.54. The van der Waals surface area contributed by atoms with Crippen molar-refractivity contribution in [1.82, 2.24) is 19.1 Å². The van der Waals surface area contributed by atoms with Crippen molar-refractivity contribution < 1.29 is 10.2 Å². The molecule has 1 aromatic carbocycles. The fourth-order valence-electron chi connectivity index (χ4n) is 2.66. The molecule has 2 aromatic heterocycles. The van der Waals surface area contributed by atoms with Gasteiger partial charge in [0.1, 0.15) is 11.5 Å². The van der Waals surface area contributed by atoms with E-state index in [0.717, 1.165) is 0 Å². The summed E-state index contributed by atoms with van der Waals surface area (Å²) < 4.78 is 2.92. The van der Waals surface area contributed by atoms with Gasteiger partial charge in [0, 0.05) is 25.2 Å². The van der Waals surface area contributed by atoms with Crippen LogP contribution in [0.5, 0.6) is 11.5 Å². The molecule has 0 bridgehead atoms. The van der Waals surface area contributed by atoms with E-state index < -0.39 is 11.2 Å². The number of anilines is 1. The zero-order valence-electron chi connectivity index (χ0n) is 15.1. The van der Waals surface area contributed by atoms with Crippen LogP contribution in [0.4, 0.5) is 5.95 Å². The molecule has 3 aromatic rings. The molecular formula is C17H20N6O4. The summed E-state index contributed by atoms with van der Waals surface area (Å²) in [6.45, 7) is 4.47. The van der Waals surface area contributed by atoms with Crippen molar-refractivity contribution in [2.45, 2.75) is 20.4 Å². The zero-order chi connectivity index (χ0) is 19.7. The largest absolute Gasteiger partial charge is 0.508 e. The highest BCUT2D eigenvalue weighted by Crippen LogP contribution is 2.21. The quantitative estimate of drug-likeness (QED) is 0.388. The van der Waals surface area contributed by atoms with Crippen LogP contribution in [0.25, 0.3) is 11.2 Å². The molecule has 142 valence electrons. The topological polar surface area (TPSA) is 138 Å². The Labute approximate surface area is 153 Å². The SMILES string of the molecule is CC(C)Cn1c(N/N=C\c2ccc(O)cc2O)nc2c1c(=O)[nH]c(=O)n2C. The molecule has 0 spiro atoms. The fraction of sp³-hybridized carbons (Fsp3) is 0.294. The summed E-state index contributed by atoms with van der Waals surface area (Å²) in [7, 11) is 1.52. The molecule has 0 aliphatic heterocycles. The number of phenols is 2. The summed E-state index contributed by atoms with van der Waals surface area (Å²) in [5, 5.41) is 23.2. The van der Waals surface area contributed by atoms with E-state index in [-0.39, 0.29) is 28.6 Å². The predicted molar refractivity (Wildman–Crippen MR) is 101 cm³/mol. The lowest BCUT2D eigenvalue weighted by Crippen LogP contribution is -2.29. The van der Waals surface area contributed by atoms with Crippen LogP contribution in [0.3, 0.4) is 0 Å². The molecule has 0 radical (unpaired) electrons. The lowest BCUT2D eigenvalue weighted by molar-refractivity contribution is 0.450. The first-order valence-corrected chi connectivity index (χ1v) is 8.28. The van der Waals surface area contributed by atoms with Crippen LogP contribution in [-0.2, 0) is 13.6 Å². The number of phenolic OH excluding ortho intramolecular Hbond substituents is 2. The van der Waals surface area contributed by atoms with Crippen LogP contribution in [0.1, 0.15) is 19.4 Å². The molecule has 0 aliphatic rings. The van der Waals surface area contributed by atoms with E-state index >= 15 is 0 Å². The molecule has 0 amide bonds. The van der Waals surface area contributed by atoms with Crippen LogP contribution in [0.2, 0.25) is 0 Å². The predicted octanol–water partition coefficient (Wildman–Crippen LogP) is 0.936. The third kappa shape index (κ3) is 3.54. The maximum atomic E-state index is 12.3. The van der Waals surface area contributed by atoms with Crippen molar-refractivity contribution in [3.05, 3.63) is 44.6 Å². The first-order chi connectivity index (χ1) is 12.8. The number of hydrogen-bond acceptors (Lipinski definition) is 7. The van der Waals surface area contributed by atoms with E-state index in [1.165, 1.54) is 36.0 Å². The Morgan fingerprint density at radius 3 is 2.74 bits per heavy atom. The van der Waals surface area contributed by atoms with Gasteiger partial charge in [0.05, 0.1) is 6.21 Å². The smallest absolute Gasteiger partial charge is 0.329 e. The highest BCUT2D eigenvalue weighted by Gasteiger charge is 2.17. The van der Waals surface area contributed by atoms with Crippen LogP contribution in [-0.4, -0.2) is 35.5 Å². The molecule has 3 rings (SSSR count). The van der Waals surface area contributed by atoms with Gasteiger partial charge >= 0.3 is 5.69 Å². The molecule has 0 atom stereocenters. The van der Waals surface area contributed by atoms with Crippen molar-refractivity contribution in [2.24, 2.45) is 18.1 Å². The molecule has 27 heavy (non-hydrogen) atoms. The highest BCUT2D eigenvalue weighted by molar-refractivity contribution is 5.84. The number of fused-ring (bicyclic) bond motifs is 1. The van der Waals surface area contributed by atoms with Crippen molar-refractivity contribution in [1.29, 1.82) is 0 Å². The number of hydrogen-bond donors (Lipinski definition) is 4. The highest BCUT2D eigenvalue weighted by atomic mass is 16.3. The average Bonchev–Trinajstić information content (AvgIpc) is 2.93. The van der Waals surface area contributed by atoms with Gasteiger partial charge in [-0.05, 0) is 18.1 Å². The summed E-state index contributed by atoms with van der Waals surface area (Å²) in [6, 6.07) is 4.12. The van der Waals surface area contributed by atoms with Gasteiger partial charge in [0.2, 0.25) is 5.95 Å². The summed E-state index contributed by atoms with van der Waals surface area (Å²) in [5.41, 5.74) is 2.59. The Balaban J connectivity index is 2.04. The number of hydrazone groups is 1. The van der Waals surface area contributed by atoms with Gasteiger partial charge in [0.15, 0.2) is 11.2 Å². The van der Waals surface area contributed by atoms with Gasteiger partial charge < -0.3 is 14.8 Å². The number of H-pyrrole nitrogens is 1. The second-order valence-electron chi connectivity index (χ2n) is 6.54. The molecule has 0 unspecified atom stereocenters. The van der Waals surface area contributed by atoms with E-state index in [2.05, 4.69) is 20.5 Å². The summed E-state index contributed by atoms with van der Waals surface area (Å²) >= 11 is 0. The molecule has 0 saturated carbocycles. The number of imidazole rings is 1. The number of aromatic hydroxyl groups is 2. The monoisotopic (exact) mass is 372 g/mol. The van der Waals surface area contributed by atoms with E-state index in [4.69, 9.17) is 0 Å². The van der Waals surface area contributed by atoms with Crippen molar-refractivity contribution >= 4 is 23.3 Å². The number of rotatable bonds is 5. The Hall–Kier alpha value is -3.56. The zero-order valence-corrected chi connectivity index (χ0v) is 15.1. The number of benzene rings is 1. The van der Waals surface area contributed by atoms with Crippen LogP contribution >= 0.6 is 0 Å². The Morgan fingerprint density at radius 1 is 1.33 bits per heavy atom. The van der Waals surface area contributed by atoms with Gasteiger partial charge in [-0.1, -0.05) is 13.8 Å². The third-order valence-electron chi connectivity index (χ3n) is 3.94. The van der Waals surface area contributed by atoms with E-state index in [9.17, 15) is 19.8 Å². The van der Waals surface area contributed by atoms with Crippen LogP contribution in [0, 0.1) is 5.92 Å². The standard InChI is InChI=1S/C17H20N6O4/c1-9(2)8-23-13-14(22(3)17(27)20-15(13)26)19-16(23)21-18-7-10-4-5-11(24)6-12(10)25/h4-7,9,24-25H,8H2,1-3H3,(H,19,21)(H,20,26,27)/b18-7-. The van der Waals surface area contributed by atoms with Gasteiger partial charge in [-0.3, -0.25) is 14.3 Å². The lowest BCUT2D eigenvalue weighted by Gasteiger charge is -2.10. The van der Waals surface area contributed by atoms with Gasteiger partial charge in [-0.25, -0.2) is 10.2 Å². The second kappa shape index (κ2) is 6.98. The molecule has 0 saturated heterocycles. The van der Waals surface area contributed by atoms with Gasteiger partial charge in [0.25, 0.3) is 5.56 Å².